The first-order valence-corrected chi connectivity index (χ1v) is 18.9. The number of hydrogen-bond acceptors (Lipinski definition) is 17. The number of nitrogen functional groups attached to an aromatic ring is 2. The minimum atomic E-state index is -4.50. The van der Waals surface area contributed by atoms with Crippen molar-refractivity contribution in [2.75, 3.05) is 24.7 Å². The molecule has 26 heteroatoms. The highest BCUT2D eigenvalue weighted by Crippen LogP contribution is 2.59. The number of nitrogens with two attached hydrogens (primary N) is 2. The van der Waals surface area contributed by atoms with Crippen molar-refractivity contribution in [1.82, 2.24) is 44.5 Å². The predicted octanol–water partition coefficient (Wildman–Crippen LogP) is 0.843. The van der Waals surface area contributed by atoms with Gasteiger partial charge in [0, 0.05) is 0 Å². The van der Waals surface area contributed by atoms with E-state index < -0.39 is 80.3 Å². The minimum Gasteiger partial charge on any atom is -0.395 e. The second kappa shape index (κ2) is 12.7. The molecule has 4 aromatic rings. The van der Waals surface area contributed by atoms with E-state index in [0.717, 1.165) is 22.8 Å². The van der Waals surface area contributed by atoms with Gasteiger partial charge in [-0.2, -0.15) is 9.67 Å². The zero-order valence-electron chi connectivity index (χ0n) is 22.2. The highest BCUT2D eigenvalue weighted by Gasteiger charge is 2.52. The molecule has 2 aliphatic rings. The summed E-state index contributed by atoms with van der Waals surface area (Å²) in [6.07, 6.45) is -7.70. The Balaban J connectivity index is 1.22. The number of aliphatic hydroxyl groups is 1. The van der Waals surface area contributed by atoms with E-state index in [1.807, 2.05) is 0 Å². The number of thioether (sulfide) groups is 1. The molecule has 0 bridgehead atoms. The van der Waals surface area contributed by atoms with E-state index in [-0.39, 0.29) is 34.1 Å². The molecule has 6 rings (SSSR count). The number of thiol groups is 2. The Morgan fingerprint density at radius 3 is 2.71 bits per heavy atom. The number of hydrogen-bond donors (Lipinski definition) is 6. The Morgan fingerprint density at radius 1 is 1.20 bits per heavy atom. The molecular formula is C19H23F2N11O8P2S3. The fourth-order valence-corrected chi connectivity index (χ4v) is 8.71. The summed E-state index contributed by atoms with van der Waals surface area (Å²) in [5.74, 6) is -0.251. The summed E-state index contributed by atoms with van der Waals surface area (Å²) < 4.78 is 80.6. The second-order valence-electron chi connectivity index (χ2n) is 9.62. The molecule has 0 amide bonds. The number of imidazole rings is 1. The number of nitrogens with one attached hydrogen (secondary N) is 1. The molecule has 6 heterocycles. The average Bonchev–Trinajstić information content (AvgIpc) is 3.73. The Kier molecular flexibility index (Phi) is 9.15. The van der Waals surface area contributed by atoms with Crippen LogP contribution in [-0.4, -0.2) is 98.7 Å². The van der Waals surface area contributed by atoms with Gasteiger partial charge in [-0.25, -0.2) is 28.3 Å². The Bertz CT molecular complexity index is 1870. The summed E-state index contributed by atoms with van der Waals surface area (Å²) in [5.41, 5.74) is 10.8. The first kappa shape index (κ1) is 32.5. The van der Waals surface area contributed by atoms with E-state index in [9.17, 15) is 19.0 Å². The van der Waals surface area contributed by atoms with Crippen LogP contribution in [0.25, 0.3) is 22.3 Å². The average molecular weight is 730 g/mol. The van der Waals surface area contributed by atoms with Gasteiger partial charge in [-0.3, -0.25) is 28.0 Å². The molecule has 0 saturated carbocycles. The molecule has 2 fully saturated rings. The van der Waals surface area contributed by atoms with E-state index in [4.69, 9.17) is 29.8 Å². The maximum atomic E-state index is 15.7. The van der Waals surface area contributed by atoms with Crippen molar-refractivity contribution in [3.05, 3.63) is 23.0 Å². The fourth-order valence-electron chi connectivity index (χ4n) is 4.90. The van der Waals surface area contributed by atoms with E-state index >= 15 is 8.78 Å². The van der Waals surface area contributed by atoms with Gasteiger partial charge >= 0.3 is 6.80 Å². The summed E-state index contributed by atoms with van der Waals surface area (Å²) in [5, 5.41) is 15.3. The molecule has 45 heavy (non-hydrogen) atoms. The molecular weight excluding hydrogens is 706 g/mol. The number of fused-ring (bicyclic) bond motifs is 2. The van der Waals surface area contributed by atoms with Crippen LogP contribution in [0.3, 0.4) is 0 Å². The van der Waals surface area contributed by atoms with Crippen LogP contribution >= 0.6 is 50.3 Å². The van der Waals surface area contributed by atoms with Crippen molar-refractivity contribution < 1.29 is 41.3 Å². The lowest BCUT2D eigenvalue weighted by molar-refractivity contribution is -0.0470. The number of halogens is 2. The first-order chi connectivity index (χ1) is 21.4. The number of H-pyrrole nitrogens is 1. The molecule has 4 aromatic heterocycles. The number of aromatic amines is 1. The summed E-state index contributed by atoms with van der Waals surface area (Å²) in [6.45, 7) is -5.82. The van der Waals surface area contributed by atoms with Gasteiger partial charge in [-0.15, -0.1) is 16.9 Å². The van der Waals surface area contributed by atoms with Gasteiger partial charge in [0.25, 0.3) is 5.56 Å². The highest BCUT2D eigenvalue weighted by atomic mass is 32.7. The Hall–Kier alpha value is -2.40. The number of alkyl halides is 2. The van der Waals surface area contributed by atoms with Crippen LogP contribution in [0.15, 0.2) is 17.4 Å². The smallest absolute Gasteiger partial charge is 0.386 e. The standard InChI is InChI=1S/C19H23F2N11O8P2S3/c20-7-6(1-33)45-18(31-4-26-10-15(31)27-19(23)28-16(10)34)12(7)40-42(36,44)37-2-5-11(39-41(35)43)8(21)17(38-5)32-14-9(29-30-32)13(22)24-3-25-14/h3-8,11-12,17-18,33,41H,1-2H2,(H,35,43)(H,36,44)(H2,22,24,25)(H3,23,27,28,34)/t5-,6-,7-,8+,11-,12-,17-,18-,42?/m1/s1. The topological polar surface area (TPSA) is 263 Å². The van der Waals surface area contributed by atoms with Gasteiger partial charge in [-0.1, -0.05) is 29.7 Å². The molecule has 2 unspecified atom stereocenters. The lowest BCUT2D eigenvalue weighted by Gasteiger charge is -2.26. The van der Waals surface area contributed by atoms with Gasteiger partial charge in [0.2, 0.25) is 13.2 Å². The number of aromatic nitrogens is 9. The Labute approximate surface area is 264 Å². The largest absolute Gasteiger partial charge is 0.395 e. The summed E-state index contributed by atoms with van der Waals surface area (Å²) in [6, 6.07) is 0. The van der Waals surface area contributed by atoms with E-state index in [1.54, 1.807) is 0 Å². The van der Waals surface area contributed by atoms with Crippen molar-refractivity contribution in [2.45, 2.75) is 47.5 Å². The maximum absolute atomic E-state index is 15.7. The minimum absolute atomic E-state index is 0.0166. The third-order valence-electron chi connectivity index (χ3n) is 6.86. The zero-order chi connectivity index (χ0) is 32.2. The highest BCUT2D eigenvalue weighted by molar-refractivity contribution is 8.44. The van der Waals surface area contributed by atoms with Gasteiger partial charge in [0.15, 0.2) is 40.5 Å². The van der Waals surface area contributed by atoms with Crippen LogP contribution in [0.5, 0.6) is 0 Å². The van der Waals surface area contributed by atoms with Gasteiger partial charge < -0.3 is 25.8 Å². The van der Waals surface area contributed by atoms with Crippen molar-refractivity contribution in [2.24, 2.45) is 0 Å². The molecule has 244 valence electrons. The first-order valence-electron chi connectivity index (χ1n) is 12.7. The molecule has 10 atom stereocenters. The van der Waals surface area contributed by atoms with Crippen molar-refractivity contribution >= 4 is 84.4 Å². The summed E-state index contributed by atoms with van der Waals surface area (Å²) >= 11 is 8.61. The quantitative estimate of drug-likeness (QED) is 0.0976. The van der Waals surface area contributed by atoms with Crippen LogP contribution < -0.4 is 17.0 Å². The molecule has 0 radical (unpaired) electrons. The SMILES string of the molecule is Nc1nc2c(ncn2[C@@H]2S[C@H](CO)[C@@H](F)[C@H]2OP(=O)(S)OC[C@H]2O[C@@H](n3nnc4c(N)ncnc43)[C@@H](F)[C@@H]2O[PH](=O)S)c(=O)[nH]1. The monoisotopic (exact) mass is 729 g/mol. The van der Waals surface area contributed by atoms with Crippen LogP contribution in [0, 0.1) is 0 Å². The lowest BCUT2D eigenvalue weighted by Crippen LogP contribution is -2.33. The number of aliphatic hydroxyl groups excluding tert-OH is 1. The number of rotatable bonds is 10. The van der Waals surface area contributed by atoms with Crippen LogP contribution in [0.2, 0.25) is 0 Å². The zero-order valence-corrected chi connectivity index (χ0v) is 26.7. The normalized spacial score (nSPS) is 30.7. The summed E-state index contributed by atoms with van der Waals surface area (Å²) in [7, 11) is -3.03. The molecule has 19 nitrogen and oxygen atoms in total. The van der Waals surface area contributed by atoms with Crippen molar-refractivity contribution in [3.8, 4) is 0 Å². The van der Waals surface area contributed by atoms with Crippen LogP contribution in [0.1, 0.15) is 11.6 Å². The van der Waals surface area contributed by atoms with Gasteiger partial charge in [0.05, 0.1) is 24.8 Å². The van der Waals surface area contributed by atoms with Gasteiger partial charge in [0.1, 0.15) is 36.2 Å². The summed E-state index contributed by atoms with van der Waals surface area (Å²) in [4.78, 5) is 30.4. The fraction of sp³-hybridized carbons (Fsp3) is 0.526. The third-order valence-corrected chi connectivity index (χ3v) is 10.8. The molecule has 2 saturated heterocycles. The molecule has 0 spiro atoms. The van der Waals surface area contributed by atoms with E-state index in [1.165, 1.54) is 10.9 Å². The molecule has 0 aliphatic carbocycles. The lowest BCUT2D eigenvalue weighted by atomic mass is 10.1. The van der Waals surface area contributed by atoms with E-state index in [0.29, 0.717) is 0 Å². The van der Waals surface area contributed by atoms with Crippen molar-refractivity contribution in [1.29, 1.82) is 0 Å². The number of ether oxygens (including phenoxy) is 1. The molecule has 2 aliphatic heterocycles. The van der Waals surface area contributed by atoms with E-state index in [2.05, 4.69) is 59.7 Å². The molecule has 6 N–H and O–H groups in total. The Morgan fingerprint density at radius 2 is 1.98 bits per heavy atom. The number of nitrogens with zero attached hydrogens (tertiary/aromatic N) is 8. The van der Waals surface area contributed by atoms with Crippen LogP contribution in [0.4, 0.5) is 20.5 Å². The number of anilines is 2. The predicted molar refractivity (Wildman–Crippen MR) is 162 cm³/mol. The van der Waals surface area contributed by atoms with Gasteiger partial charge in [-0.05, 0) is 0 Å². The van der Waals surface area contributed by atoms with Crippen LogP contribution in [-0.2, 0) is 27.4 Å². The second-order valence-corrected chi connectivity index (χ2v) is 15.7. The maximum Gasteiger partial charge on any atom is 0.386 e. The molecule has 0 aromatic carbocycles. The third kappa shape index (κ3) is 6.20. The van der Waals surface area contributed by atoms with Crippen molar-refractivity contribution in [3.63, 3.8) is 0 Å².